The van der Waals surface area contributed by atoms with Crippen LogP contribution in [0.15, 0.2) is 23.8 Å². The van der Waals surface area contributed by atoms with E-state index in [4.69, 9.17) is 9.47 Å². The van der Waals surface area contributed by atoms with Gasteiger partial charge in [-0.15, -0.1) is 5.41 Å². The number of aliphatic hydroxyl groups is 1. The Hall–Kier alpha value is -0.282. The number of ketones is 1. The van der Waals surface area contributed by atoms with Crippen LogP contribution in [0, 0.1) is 34.7 Å². The Labute approximate surface area is 182 Å². The van der Waals surface area contributed by atoms with Crippen molar-refractivity contribution in [1.29, 1.82) is 0 Å². The van der Waals surface area contributed by atoms with Crippen molar-refractivity contribution in [3.63, 3.8) is 0 Å². The molecule has 1 aliphatic heterocycles. The van der Waals surface area contributed by atoms with Gasteiger partial charge in [0.25, 0.3) is 0 Å². The maximum absolute atomic E-state index is 11.9. The first-order valence-electron chi connectivity index (χ1n) is 10.7. The normalized spacial score (nSPS) is 49.6. The van der Waals surface area contributed by atoms with Gasteiger partial charge in [-0.3, -0.25) is 4.79 Å². The summed E-state index contributed by atoms with van der Waals surface area (Å²) in [5.74, 6) is 1.18. The molecule has 1 heterocycles. The third-order valence-corrected chi connectivity index (χ3v) is 8.31. The van der Waals surface area contributed by atoms with Crippen molar-refractivity contribution in [3.05, 3.63) is 29.9 Å². The molecule has 3 saturated carbocycles. The maximum Gasteiger partial charge on any atom is 0.178 e. The average molecular weight is 555 g/mol. The van der Waals surface area contributed by atoms with Crippen molar-refractivity contribution in [2.75, 3.05) is 0 Å². The smallest absolute Gasteiger partial charge is 0.178 e. The summed E-state index contributed by atoms with van der Waals surface area (Å²) in [6, 6.07) is 0. The average Bonchev–Trinajstić information content (AvgIpc) is 3.12. The summed E-state index contributed by atoms with van der Waals surface area (Å²) in [7, 11) is 0. The van der Waals surface area contributed by atoms with Crippen LogP contribution in [0.4, 0.5) is 0 Å². The zero-order valence-electron chi connectivity index (χ0n) is 17.0. The number of hydrogen-bond donors (Lipinski definition) is 1. The molecule has 1 N–H and O–H groups in total. The molecule has 0 radical (unpaired) electrons. The first-order valence-corrected chi connectivity index (χ1v) is 10.7. The third-order valence-electron chi connectivity index (χ3n) is 8.31. The second kappa shape index (κ2) is 7.15. The van der Waals surface area contributed by atoms with Crippen LogP contribution in [0.25, 0.3) is 0 Å². The first kappa shape index (κ1) is 21.0. The molecular formula is C23H31O4W-. The molecule has 0 aromatic carbocycles. The standard InChI is InChI=1S/C23H31O4.W/c1-4-5-19-26-18-11-16-15-7-6-13-10-14(24)8-9-22(13,2)20(15)17(25)12-23(16,3)21(18)27-19;/h8-10,15-20,25H,4-7,11-12H2,1-3H3;/q-1;/t15?,16-,17-,18+,19?,20?,22?,23?;/m0./s1. The number of carbonyl (C=O) groups is 1. The number of fused-ring (bicyclic) bond motifs is 7. The first-order chi connectivity index (χ1) is 12.9. The second-order valence-corrected chi connectivity index (χ2v) is 9.77. The van der Waals surface area contributed by atoms with Gasteiger partial charge in [0.1, 0.15) is 6.29 Å². The van der Waals surface area contributed by atoms with E-state index in [0.29, 0.717) is 11.8 Å². The fourth-order valence-electron chi connectivity index (χ4n) is 7.14. The van der Waals surface area contributed by atoms with E-state index in [1.54, 1.807) is 6.08 Å². The molecule has 0 spiro atoms. The van der Waals surface area contributed by atoms with Crippen LogP contribution in [0.3, 0.4) is 0 Å². The van der Waals surface area contributed by atoms with E-state index in [0.717, 1.165) is 44.6 Å². The van der Waals surface area contributed by atoms with E-state index in [1.165, 1.54) is 5.57 Å². The van der Waals surface area contributed by atoms with Crippen LogP contribution in [0.5, 0.6) is 0 Å². The Morgan fingerprint density at radius 2 is 2.14 bits per heavy atom. The van der Waals surface area contributed by atoms with E-state index in [1.807, 2.05) is 6.08 Å². The van der Waals surface area contributed by atoms with Gasteiger partial charge < -0.3 is 14.6 Å². The van der Waals surface area contributed by atoms with Gasteiger partial charge in [0, 0.05) is 32.4 Å². The summed E-state index contributed by atoms with van der Waals surface area (Å²) >= 11 is 0. The molecule has 5 aliphatic rings. The van der Waals surface area contributed by atoms with Crippen LogP contribution in [0.1, 0.15) is 59.3 Å². The second-order valence-electron chi connectivity index (χ2n) is 9.77. The van der Waals surface area contributed by atoms with Gasteiger partial charge in [0.05, 0.1) is 6.10 Å². The van der Waals surface area contributed by atoms with Crippen LogP contribution in [-0.2, 0) is 35.3 Å². The largest absolute Gasteiger partial charge is 0.524 e. The minimum atomic E-state index is -0.386. The van der Waals surface area contributed by atoms with Crippen molar-refractivity contribution < 1.29 is 40.4 Å². The van der Waals surface area contributed by atoms with E-state index in [9.17, 15) is 9.90 Å². The number of ether oxygens (including phenoxy) is 2. The molecule has 1 saturated heterocycles. The monoisotopic (exact) mass is 555 g/mol. The van der Waals surface area contributed by atoms with Crippen LogP contribution in [0.2, 0.25) is 0 Å². The van der Waals surface area contributed by atoms with Gasteiger partial charge in [-0.2, -0.15) is 6.10 Å². The van der Waals surface area contributed by atoms with Gasteiger partial charge in [-0.05, 0) is 49.9 Å². The van der Waals surface area contributed by atoms with Crippen LogP contribution < -0.4 is 0 Å². The summed E-state index contributed by atoms with van der Waals surface area (Å²) in [5.41, 5.74) is 0.909. The molecule has 5 unspecified atom stereocenters. The molecule has 4 fully saturated rings. The Balaban J connectivity index is 0.00000192. The van der Waals surface area contributed by atoms with Crippen molar-refractivity contribution in [1.82, 2.24) is 0 Å². The van der Waals surface area contributed by atoms with Crippen LogP contribution >= 0.6 is 0 Å². The topological polar surface area (TPSA) is 55.8 Å². The molecule has 0 aromatic heterocycles. The van der Waals surface area contributed by atoms with E-state index >= 15 is 0 Å². The fourth-order valence-corrected chi connectivity index (χ4v) is 7.14. The molecule has 4 nitrogen and oxygen atoms in total. The van der Waals surface area contributed by atoms with Crippen molar-refractivity contribution in [3.8, 4) is 0 Å². The van der Waals surface area contributed by atoms with Gasteiger partial charge >= 0.3 is 0 Å². The summed E-state index contributed by atoms with van der Waals surface area (Å²) < 4.78 is 12.5. The Bertz CT molecular complexity index is 717. The number of rotatable bonds is 2. The molecule has 5 rings (SSSR count). The molecule has 154 valence electrons. The predicted octanol–water partition coefficient (Wildman–Crippen LogP) is 3.95. The quantitative estimate of drug-likeness (QED) is 0.525. The van der Waals surface area contributed by atoms with Gasteiger partial charge in [0.2, 0.25) is 0 Å². The van der Waals surface area contributed by atoms with E-state index in [-0.39, 0.29) is 62.1 Å². The molecule has 0 aromatic rings. The zero-order valence-corrected chi connectivity index (χ0v) is 20.0. The zero-order chi connectivity index (χ0) is 19.0. The number of hydrogen-bond acceptors (Lipinski definition) is 4. The van der Waals surface area contributed by atoms with Gasteiger partial charge in [0.15, 0.2) is 5.78 Å². The molecule has 28 heavy (non-hydrogen) atoms. The van der Waals surface area contributed by atoms with Crippen LogP contribution in [-0.4, -0.2) is 29.4 Å². The molecule has 5 heteroatoms. The van der Waals surface area contributed by atoms with Crippen molar-refractivity contribution in [2.24, 2.45) is 28.6 Å². The van der Waals surface area contributed by atoms with Gasteiger partial charge in [-0.1, -0.05) is 51.2 Å². The minimum absolute atomic E-state index is 0. The minimum Gasteiger partial charge on any atom is -0.524 e. The molecule has 0 amide bonds. The number of aliphatic hydroxyl groups excluding tert-OH is 1. The predicted molar refractivity (Wildman–Crippen MR) is 101 cm³/mol. The summed E-state index contributed by atoms with van der Waals surface area (Å²) in [6.07, 6.45) is 12.0. The van der Waals surface area contributed by atoms with E-state index in [2.05, 4.69) is 26.8 Å². The third kappa shape index (κ3) is 2.81. The number of carbonyl (C=O) groups excluding carboxylic acids is 1. The van der Waals surface area contributed by atoms with E-state index < -0.39 is 0 Å². The Kier molecular flexibility index (Phi) is 5.35. The maximum atomic E-state index is 11.9. The Morgan fingerprint density at radius 3 is 2.89 bits per heavy atom. The molecule has 0 bridgehead atoms. The SMILES string of the molecule is CCCC1O[C-]2[C@@H](C[C@H]3C4CCC5=CC(=O)C=CC5(C)C4[C@@H](O)CC23C)O1.[W]. The van der Waals surface area contributed by atoms with Gasteiger partial charge in [-0.25, -0.2) is 0 Å². The molecule has 8 atom stereocenters. The Morgan fingerprint density at radius 1 is 1.36 bits per heavy atom. The van der Waals surface area contributed by atoms with Crippen molar-refractivity contribution >= 4 is 5.78 Å². The fraction of sp³-hybridized carbons (Fsp3) is 0.739. The summed E-state index contributed by atoms with van der Waals surface area (Å²) in [4.78, 5) is 11.9. The molecular weight excluding hydrogens is 524 g/mol. The summed E-state index contributed by atoms with van der Waals surface area (Å²) in [5, 5.41) is 11.3. The summed E-state index contributed by atoms with van der Waals surface area (Å²) in [6.45, 7) is 6.66. The number of allylic oxidation sites excluding steroid dienone is 4. The molecule has 4 aliphatic carbocycles. The van der Waals surface area contributed by atoms with Crippen molar-refractivity contribution in [2.45, 2.75) is 77.8 Å².